The van der Waals surface area contributed by atoms with Gasteiger partial charge >= 0.3 is 0 Å². The van der Waals surface area contributed by atoms with Crippen molar-refractivity contribution in [1.82, 2.24) is 4.90 Å². The number of aromatic hydroxyl groups is 2. The molecule has 2 aliphatic carbocycles. The Morgan fingerprint density at radius 3 is 2.57 bits per heavy atom. The topological polar surface area (TPSA) is 248 Å². The number of methoxy groups -OCH3 is 1. The Kier molecular flexibility index (Phi) is 9.43. The number of phenols is 2. The summed E-state index contributed by atoms with van der Waals surface area (Å²) in [4.78, 5) is 42.2. The van der Waals surface area contributed by atoms with Gasteiger partial charge in [0.15, 0.2) is 17.9 Å². The van der Waals surface area contributed by atoms with Crippen molar-refractivity contribution >= 4 is 17.3 Å². The number of Topliss-reactive ketones (excluding diaryl/α,β-unsaturated/α-hetero) is 1. The summed E-state index contributed by atoms with van der Waals surface area (Å²) >= 11 is 0. The smallest absolute Gasteiger partial charge is 0.202 e. The fraction of sp³-hybridized carbons (Fsp3) is 0.500. The van der Waals surface area contributed by atoms with Crippen LogP contribution in [0.2, 0.25) is 0 Å². The third-order valence-electron chi connectivity index (χ3n) is 9.48. The van der Waals surface area contributed by atoms with Crippen LogP contribution in [0, 0.1) is 11.3 Å². The highest BCUT2D eigenvalue weighted by atomic mass is 16.7. The molecule has 0 radical (unpaired) electrons. The number of hydrogen-bond acceptors (Lipinski definition) is 14. The number of benzene rings is 2. The Morgan fingerprint density at radius 1 is 1.17 bits per heavy atom. The van der Waals surface area contributed by atoms with Crippen molar-refractivity contribution in [2.24, 2.45) is 0 Å². The molecule has 252 valence electrons. The van der Waals surface area contributed by atoms with Crippen molar-refractivity contribution < 1.29 is 64.3 Å². The quantitative estimate of drug-likeness (QED) is 0.209. The number of nitrogens with zero attached hydrogens (tertiary/aromatic N) is 2. The second-order valence-electron chi connectivity index (χ2n) is 12.0. The lowest BCUT2D eigenvalue weighted by atomic mass is 9.72. The lowest BCUT2D eigenvalue weighted by Crippen LogP contribution is -2.60. The Hall–Kier alpha value is -3.98. The molecular formula is C32H36N2O13. The Labute approximate surface area is 268 Å². The van der Waals surface area contributed by atoms with Gasteiger partial charge in [-0.15, -0.1) is 0 Å². The fourth-order valence-corrected chi connectivity index (χ4v) is 7.15. The van der Waals surface area contributed by atoms with E-state index in [2.05, 4.69) is 6.07 Å². The van der Waals surface area contributed by atoms with Crippen molar-refractivity contribution in [2.45, 2.75) is 68.5 Å². The monoisotopic (exact) mass is 656 g/mol. The van der Waals surface area contributed by atoms with Crippen LogP contribution in [-0.4, -0.2) is 123 Å². The molecule has 2 heterocycles. The Morgan fingerprint density at radius 2 is 1.89 bits per heavy atom. The van der Waals surface area contributed by atoms with E-state index in [0.29, 0.717) is 13.2 Å². The van der Waals surface area contributed by atoms with Gasteiger partial charge in [0.25, 0.3) is 0 Å². The van der Waals surface area contributed by atoms with E-state index in [1.54, 1.807) is 11.8 Å². The summed E-state index contributed by atoms with van der Waals surface area (Å²) in [6.07, 6.45) is -5.39. The van der Waals surface area contributed by atoms with Crippen LogP contribution in [0.5, 0.6) is 17.2 Å². The van der Waals surface area contributed by atoms with E-state index < -0.39 is 102 Å². The number of ketones is 3. The van der Waals surface area contributed by atoms with E-state index >= 15 is 0 Å². The van der Waals surface area contributed by atoms with Crippen LogP contribution >= 0.6 is 0 Å². The van der Waals surface area contributed by atoms with Gasteiger partial charge in [-0.05, 0) is 13.0 Å². The lowest BCUT2D eigenvalue weighted by molar-refractivity contribution is -0.262. The molecule has 15 nitrogen and oxygen atoms in total. The van der Waals surface area contributed by atoms with Crippen LogP contribution < -0.4 is 4.74 Å². The molecule has 2 aromatic carbocycles. The summed E-state index contributed by atoms with van der Waals surface area (Å²) in [6.45, 7) is 1.42. The maximum absolute atomic E-state index is 13.9. The highest BCUT2D eigenvalue weighted by Crippen LogP contribution is 2.52. The molecule has 2 saturated heterocycles. The first-order valence-corrected chi connectivity index (χ1v) is 14.9. The summed E-state index contributed by atoms with van der Waals surface area (Å²) in [6, 6.07) is 5.28. The number of ether oxygens (including phenoxy) is 4. The molecule has 7 N–H and O–H groups in total. The van der Waals surface area contributed by atoms with Gasteiger partial charge in [-0.2, -0.15) is 5.26 Å². The van der Waals surface area contributed by atoms with Crippen molar-refractivity contribution in [1.29, 1.82) is 5.26 Å². The first-order chi connectivity index (χ1) is 21.9. The molecule has 47 heavy (non-hydrogen) atoms. The van der Waals surface area contributed by atoms with Gasteiger partial charge in [-0.3, -0.25) is 19.3 Å². The molecule has 5 unspecified atom stereocenters. The molecule has 2 aliphatic heterocycles. The molecular weight excluding hydrogens is 620 g/mol. The van der Waals surface area contributed by atoms with Gasteiger partial charge < -0.3 is 50.0 Å². The average Bonchev–Trinajstić information content (AvgIpc) is 3.05. The van der Waals surface area contributed by atoms with E-state index in [0.717, 1.165) is 0 Å². The number of morpholine rings is 1. The highest BCUT2D eigenvalue weighted by molar-refractivity contribution is 6.31. The van der Waals surface area contributed by atoms with Crippen molar-refractivity contribution in [2.75, 3.05) is 33.5 Å². The molecule has 15 heteroatoms. The minimum atomic E-state index is -2.29. The van der Waals surface area contributed by atoms with Crippen molar-refractivity contribution in [3.63, 3.8) is 0 Å². The van der Waals surface area contributed by atoms with E-state index in [-0.39, 0.29) is 46.5 Å². The average molecular weight is 657 g/mol. The second-order valence-corrected chi connectivity index (χ2v) is 12.0. The minimum absolute atomic E-state index is 0. The first-order valence-electron chi connectivity index (χ1n) is 14.9. The zero-order valence-electron chi connectivity index (χ0n) is 25.6. The number of phenolic OH excluding ortho intramolecular Hbond substituents is 2. The van der Waals surface area contributed by atoms with Gasteiger partial charge in [-0.25, -0.2) is 0 Å². The standard InChI is InChI=1S/C32H34N2O12.H2O/c1-14-27(37)18(34-6-7-44-13-15(34)11-33)8-22(45-14)46-20-10-32(42,21(36)12-35)9-17-24(20)31(41)26-25(29(17)39)28(38)16-4-3-5-19(43-2)23(16)30(26)40;/h3-5,14-15,18,20,22,27,35,37,39,41-42H,6-10,12-13H2,1-2H3;1H2/t14?,15?,18?,20-,22?,27?,32-;/m0./s1. The van der Waals surface area contributed by atoms with E-state index in [9.17, 15) is 45.2 Å². The molecule has 6 rings (SSSR count). The second kappa shape index (κ2) is 12.9. The maximum atomic E-state index is 13.9. The van der Waals surface area contributed by atoms with Crippen LogP contribution in [0.1, 0.15) is 68.8 Å². The third kappa shape index (κ3) is 5.46. The Balaban J connectivity index is 0.00000433. The van der Waals surface area contributed by atoms with E-state index in [1.165, 1.54) is 25.3 Å². The van der Waals surface area contributed by atoms with Gasteiger partial charge in [0.2, 0.25) is 5.78 Å². The van der Waals surface area contributed by atoms with Crippen LogP contribution in [0.4, 0.5) is 0 Å². The highest BCUT2D eigenvalue weighted by Gasteiger charge is 2.51. The van der Waals surface area contributed by atoms with Gasteiger partial charge in [0.1, 0.15) is 35.5 Å². The number of rotatable bonds is 6. The summed E-state index contributed by atoms with van der Waals surface area (Å²) in [7, 11) is 1.32. The molecule has 0 saturated carbocycles. The predicted molar refractivity (Wildman–Crippen MR) is 158 cm³/mol. The largest absolute Gasteiger partial charge is 0.507 e. The van der Waals surface area contributed by atoms with Crippen LogP contribution in [0.25, 0.3) is 0 Å². The molecule has 2 aromatic rings. The first kappa shape index (κ1) is 34.4. The number of nitriles is 1. The molecule has 0 bridgehead atoms. The summed E-state index contributed by atoms with van der Waals surface area (Å²) in [5.41, 5.74) is -3.78. The molecule has 2 fully saturated rings. The normalized spacial score (nSPS) is 30.3. The summed E-state index contributed by atoms with van der Waals surface area (Å²) in [5, 5.41) is 65.1. The van der Waals surface area contributed by atoms with E-state index in [1.807, 2.05) is 0 Å². The number of aliphatic hydroxyl groups is 3. The zero-order valence-corrected chi connectivity index (χ0v) is 25.6. The Bertz CT molecular complexity index is 1650. The van der Waals surface area contributed by atoms with Crippen LogP contribution in [0.3, 0.4) is 0 Å². The number of fused-ring (bicyclic) bond motifs is 3. The van der Waals surface area contributed by atoms with Crippen LogP contribution in [0.15, 0.2) is 18.2 Å². The number of aliphatic hydroxyl groups excluding tert-OH is 2. The SMILES string of the molecule is COc1cccc2c1C(=O)c1c(O)c3c(c(O)c1C2=O)C[C@@](O)(C(=O)CO)C[C@@H]3OC1CC(N2CCOCC2C#N)C(O)C(C)O1.O. The molecule has 4 aliphatic rings. The maximum Gasteiger partial charge on any atom is 0.202 e. The molecule has 7 atom stereocenters. The van der Waals surface area contributed by atoms with Gasteiger partial charge in [0.05, 0.1) is 61.4 Å². The zero-order chi connectivity index (χ0) is 33.1. The van der Waals surface area contributed by atoms with Gasteiger partial charge in [-0.1, -0.05) is 12.1 Å². The minimum Gasteiger partial charge on any atom is -0.507 e. The third-order valence-corrected chi connectivity index (χ3v) is 9.48. The predicted octanol–water partition coefficient (Wildman–Crippen LogP) is -0.558. The summed E-state index contributed by atoms with van der Waals surface area (Å²) < 4.78 is 23.0. The molecule has 0 spiro atoms. The van der Waals surface area contributed by atoms with Crippen LogP contribution in [-0.2, 0) is 25.4 Å². The van der Waals surface area contributed by atoms with Crippen molar-refractivity contribution in [3.8, 4) is 23.3 Å². The molecule has 0 amide bonds. The number of carbonyl (C=O) groups excluding carboxylic acids is 3. The molecule has 0 aromatic heterocycles. The van der Waals surface area contributed by atoms with Gasteiger partial charge in [0, 0.05) is 48.5 Å². The summed E-state index contributed by atoms with van der Waals surface area (Å²) in [5.74, 6) is -3.87. The number of hydrogen-bond donors (Lipinski definition) is 5. The van der Waals surface area contributed by atoms with E-state index in [4.69, 9.17) is 18.9 Å². The van der Waals surface area contributed by atoms with Crippen molar-refractivity contribution in [3.05, 3.63) is 51.6 Å². The lowest BCUT2D eigenvalue weighted by Gasteiger charge is -2.47. The number of carbonyl (C=O) groups is 3. The fourth-order valence-electron chi connectivity index (χ4n) is 7.15.